The number of nitrogens with zero attached hydrogens (tertiary/aromatic N) is 5. The van der Waals surface area contributed by atoms with E-state index in [2.05, 4.69) is 67.9 Å². The third-order valence-electron chi connectivity index (χ3n) is 7.18. The highest BCUT2D eigenvalue weighted by Gasteiger charge is 2.22. The van der Waals surface area contributed by atoms with Crippen molar-refractivity contribution in [1.29, 1.82) is 0 Å². The number of nitrogen functional groups attached to an aromatic ring is 1. The Morgan fingerprint density at radius 3 is 2.59 bits per heavy atom. The Balaban J connectivity index is 1.34. The fraction of sp³-hybridized carbons (Fsp3) is 0.520. The maximum atomic E-state index is 6.12. The van der Waals surface area contributed by atoms with E-state index in [-0.39, 0.29) is 0 Å². The second-order valence-corrected chi connectivity index (χ2v) is 9.49. The van der Waals surface area contributed by atoms with Crippen LogP contribution in [0.5, 0.6) is 0 Å². The highest BCUT2D eigenvalue weighted by molar-refractivity contribution is 5.66. The van der Waals surface area contributed by atoms with Crippen LogP contribution in [-0.2, 0) is 13.0 Å². The summed E-state index contributed by atoms with van der Waals surface area (Å²) in [5.74, 6) is 2.33. The van der Waals surface area contributed by atoms with E-state index in [1.165, 1.54) is 36.8 Å². The standard InChI is InChI=1S/C25H35N7/c1-18(27-22-5-3-4-6-22)32-10-9-19-7-8-20(15-21(19)17-32)23-16-24(29-25(26)28-23)31-13-11-30(2)12-14-31/h7-8,15-16,22,27H,1,3-6,9-14,17H2,2H3,(H2,26,28,29). The molecular weight excluding hydrogens is 398 g/mol. The predicted octanol–water partition coefficient (Wildman–Crippen LogP) is 2.84. The lowest BCUT2D eigenvalue weighted by atomic mass is 9.96. The third-order valence-corrected chi connectivity index (χ3v) is 7.18. The number of piperazine rings is 1. The summed E-state index contributed by atoms with van der Waals surface area (Å²) in [6.45, 7) is 10.2. The molecule has 0 unspecified atom stereocenters. The zero-order chi connectivity index (χ0) is 22.1. The van der Waals surface area contributed by atoms with Crippen molar-refractivity contribution in [2.75, 3.05) is 50.4 Å². The summed E-state index contributed by atoms with van der Waals surface area (Å²) >= 11 is 0. The molecule has 1 aromatic heterocycles. The first-order chi connectivity index (χ1) is 15.5. The Hall–Kier alpha value is -2.80. The molecule has 7 nitrogen and oxygen atoms in total. The summed E-state index contributed by atoms with van der Waals surface area (Å²) < 4.78 is 0. The first-order valence-corrected chi connectivity index (χ1v) is 12.0. The Bertz CT molecular complexity index is 974. The Labute approximate surface area is 191 Å². The lowest BCUT2D eigenvalue weighted by molar-refractivity contribution is 0.290. The van der Waals surface area contributed by atoms with Crippen molar-refractivity contribution in [3.63, 3.8) is 0 Å². The summed E-state index contributed by atoms with van der Waals surface area (Å²) in [5.41, 5.74) is 10.9. The molecular formula is C25H35N7. The first-order valence-electron chi connectivity index (χ1n) is 12.0. The molecule has 3 aliphatic rings. The lowest BCUT2D eigenvalue weighted by Gasteiger charge is -2.34. The van der Waals surface area contributed by atoms with Gasteiger partial charge in [0.05, 0.1) is 11.5 Å². The van der Waals surface area contributed by atoms with Gasteiger partial charge in [-0.3, -0.25) is 0 Å². The predicted molar refractivity (Wildman–Crippen MR) is 130 cm³/mol. The van der Waals surface area contributed by atoms with E-state index in [1.54, 1.807) is 0 Å². The minimum atomic E-state index is 0.338. The van der Waals surface area contributed by atoms with Gasteiger partial charge in [0.25, 0.3) is 0 Å². The van der Waals surface area contributed by atoms with Gasteiger partial charge in [-0.05, 0) is 43.5 Å². The van der Waals surface area contributed by atoms with Crippen LogP contribution in [0.4, 0.5) is 11.8 Å². The van der Waals surface area contributed by atoms with E-state index in [9.17, 15) is 0 Å². The van der Waals surface area contributed by atoms with Gasteiger partial charge in [-0.25, -0.2) is 4.98 Å². The normalized spacial score (nSPS) is 19.8. The molecule has 3 N–H and O–H groups in total. The first kappa shape index (κ1) is 21.1. The van der Waals surface area contributed by atoms with Crippen molar-refractivity contribution in [3.8, 4) is 11.3 Å². The summed E-state index contributed by atoms with van der Waals surface area (Å²) in [7, 11) is 2.16. The molecule has 1 aliphatic carbocycles. The fourth-order valence-electron chi connectivity index (χ4n) is 5.14. The molecule has 0 amide bonds. The van der Waals surface area contributed by atoms with Crippen molar-refractivity contribution >= 4 is 11.8 Å². The molecule has 1 saturated heterocycles. The molecule has 0 radical (unpaired) electrons. The number of nitrogens with two attached hydrogens (primary N) is 1. The number of rotatable bonds is 5. The summed E-state index contributed by atoms with van der Waals surface area (Å²) in [5, 5.41) is 3.67. The third kappa shape index (κ3) is 4.53. The number of hydrogen-bond donors (Lipinski definition) is 2. The van der Waals surface area contributed by atoms with Crippen molar-refractivity contribution in [3.05, 3.63) is 47.8 Å². The number of likely N-dealkylation sites (N-methyl/N-ethyl adjacent to an activating group) is 1. The summed E-state index contributed by atoms with van der Waals surface area (Å²) in [6, 6.07) is 9.38. The van der Waals surface area contributed by atoms with Crippen LogP contribution in [0.3, 0.4) is 0 Å². The second kappa shape index (κ2) is 8.98. The number of nitrogens with one attached hydrogen (secondary N) is 1. The van der Waals surface area contributed by atoms with Gasteiger partial charge in [0, 0.05) is 56.9 Å². The lowest BCUT2D eigenvalue weighted by Crippen LogP contribution is -2.44. The number of hydrogen-bond acceptors (Lipinski definition) is 7. The smallest absolute Gasteiger partial charge is 0.222 e. The second-order valence-electron chi connectivity index (χ2n) is 9.49. The molecule has 3 heterocycles. The summed E-state index contributed by atoms with van der Waals surface area (Å²) in [4.78, 5) is 16.1. The molecule has 5 rings (SSSR count). The maximum absolute atomic E-state index is 6.12. The van der Waals surface area contributed by atoms with E-state index in [1.807, 2.05) is 0 Å². The highest BCUT2D eigenvalue weighted by Crippen LogP contribution is 2.29. The van der Waals surface area contributed by atoms with Crippen molar-refractivity contribution in [2.45, 2.75) is 44.7 Å². The molecule has 1 saturated carbocycles. The van der Waals surface area contributed by atoms with Crippen LogP contribution in [0.25, 0.3) is 11.3 Å². The number of benzene rings is 1. The van der Waals surface area contributed by atoms with Gasteiger partial charge >= 0.3 is 0 Å². The Kier molecular flexibility index (Phi) is 5.91. The van der Waals surface area contributed by atoms with E-state index < -0.39 is 0 Å². The molecule has 1 aromatic carbocycles. The van der Waals surface area contributed by atoms with Crippen molar-refractivity contribution < 1.29 is 0 Å². The fourth-order valence-corrected chi connectivity index (χ4v) is 5.14. The Morgan fingerprint density at radius 2 is 1.81 bits per heavy atom. The molecule has 0 spiro atoms. The van der Waals surface area contributed by atoms with Gasteiger partial charge in [0.1, 0.15) is 5.82 Å². The number of aromatic nitrogens is 2. The van der Waals surface area contributed by atoms with Gasteiger partial charge < -0.3 is 25.8 Å². The van der Waals surface area contributed by atoms with E-state index in [4.69, 9.17) is 5.73 Å². The number of anilines is 2. The van der Waals surface area contributed by atoms with Crippen LogP contribution >= 0.6 is 0 Å². The average Bonchev–Trinajstić information content (AvgIpc) is 3.31. The number of fused-ring (bicyclic) bond motifs is 1. The van der Waals surface area contributed by atoms with Crippen LogP contribution < -0.4 is 16.0 Å². The zero-order valence-electron chi connectivity index (χ0n) is 19.2. The molecule has 0 bridgehead atoms. The zero-order valence-corrected chi connectivity index (χ0v) is 19.2. The van der Waals surface area contributed by atoms with Gasteiger partial charge in [0.15, 0.2) is 0 Å². The van der Waals surface area contributed by atoms with Gasteiger partial charge in [-0.2, -0.15) is 4.98 Å². The van der Waals surface area contributed by atoms with Crippen molar-refractivity contribution in [2.24, 2.45) is 0 Å². The maximum Gasteiger partial charge on any atom is 0.222 e. The quantitative estimate of drug-likeness (QED) is 0.751. The van der Waals surface area contributed by atoms with Crippen LogP contribution in [0.15, 0.2) is 36.7 Å². The molecule has 2 fully saturated rings. The molecule has 0 atom stereocenters. The Morgan fingerprint density at radius 1 is 1.03 bits per heavy atom. The minimum absolute atomic E-state index is 0.338. The summed E-state index contributed by atoms with van der Waals surface area (Å²) in [6.07, 6.45) is 6.22. The van der Waals surface area contributed by atoms with Crippen LogP contribution in [0, 0.1) is 0 Å². The average molecular weight is 434 g/mol. The van der Waals surface area contributed by atoms with E-state index in [0.717, 1.165) is 68.6 Å². The van der Waals surface area contributed by atoms with E-state index in [0.29, 0.717) is 12.0 Å². The molecule has 32 heavy (non-hydrogen) atoms. The SMILES string of the molecule is C=C(NC1CCCC1)N1CCc2ccc(-c3cc(N4CCN(C)CC4)nc(N)n3)cc2C1. The monoisotopic (exact) mass is 433 g/mol. The van der Waals surface area contributed by atoms with Crippen LogP contribution in [-0.4, -0.2) is 65.6 Å². The van der Waals surface area contributed by atoms with Gasteiger partial charge in [-0.1, -0.05) is 31.6 Å². The van der Waals surface area contributed by atoms with Crippen LogP contribution in [0.2, 0.25) is 0 Å². The molecule has 2 aromatic rings. The van der Waals surface area contributed by atoms with Crippen LogP contribution in [0.1, 0.15) is 36.8 Å². The minimum Gasteiger partial charge on any atom is -0.369 e. The molecule has 7 heteroatoms. The molecule has 170 valence electrons. The van der Waals surface area contributed by atoms with Gasteiger partial charge in [-0.15, -0.1) is 0 Å². The van der Waals surface area contributed by atoms with E-state index >= 15 is 0 Å². The molecule has 2 aliphatic heterocycles. The van der Waals surface area contributed by atoms with Gasteiger partial charge in [0.2, 0.25) is 5.95 Å². The largest absolute Gasteiger partial charge is 0.369 e. The van der Waals surface area contributed by atoms with Crippen molar-refractivity contribution in [1.82, 2.24) is 25.1 Å². The highest BCUT2D eigenvalue weighted by atomic mass is 15.3. The topological polar surface area (TPSA) is 73.5 Å².